The van der Waals surface area contributed by atoms with Gasteiger partial charge in [0.05, 0.1) is 25.1 Å². The van der Waals surface area contributed by atoms with Gasteiger partial charge >= 0.3 is 0 Å². The summed E-state index contributed by atoms with van der Waals surface area (Å²) in [5.41, 5.74) is 1.64. The molecule has 2 aromatic rings. The van der Waals surface area contributed by atoms with Crippen molar-refractivity contribution >= 4 is 0 Å². The molecular weight excluding hydrogens is 316 g/mol. The highest BCUT2D eigenvalue weighted by molar-refractivity contribution is 5.15. The first kappa shape index (κ1) is 16.5. The van der Waals surface area contributed by atoms with Crippen LogP contribution in [0.1, 0.15) is 24.8 Å². The van der Waals surface area contributed by atoms with Crippen LogP contribution in [-0.4, -0.2) is 52.1 Å². The number of piperidine rings is 1. The van der Waals surface area contributed by atoms with Gasteiger partial charge in [0.25, 0.3) is 0 Å². The number of hydrogen-bond acceptors (Lipinski definition) is 5. The Bertz CT molecular complexity index is 680. The van der Waals surface area contributed by atoms with Gasteiger partial charge in [0.2, 0.25) is 0 Å². The highest BCUT2D eigenvalue weighted by atomic mass is 16.5. The fourth-order valence-electron chi connectivity index (χ4n) is 3.97. The largest absolute Gasteiger partial charge is 0.489 e. The van der Waals surface area contributed by atoms with Crippen LogP contribution >= 0.6 is 0 Å². The normalized spacial score (nSPS) is 23.2. The maximum absolute atomic E-state index is 6.05. The fraction of sp³-hybridized carbons (Fsp3) is 0.579. The van der Waals surface area contributed by atoms with Gasteiger partial charge in [-0.25, -0.2) is 0 Å². The Labute approximate surface area is 148 Å². The summed E-state index contributed by atoms with van der Waals surface area (Å²) in [5.74, 6) is 0.818. The van der Waals surface area contributed by atoms with E-state index >= 15 is 0 Å². The number of aromatic nitrogens is 3. The molecule has 0 aromatic carbocycles. The SMILES string of the molecule is Cn1cc(CN2CCC3(CC2)CO[C@@H](COc2cccnc2)C3)cn1. The molecule has 0 unspecified atom stereocenters. The van der Waals surface area contributed by atoms with Crippen molar-refractivity contribution in [1.82, 2.24) is 19.7 Å². The molecular formula is C19H26N4O2. The molecule has 0 N–H and O–H groups in total. The maximum atomic E-state index is 6.05. The first-order valence-electron chi connectivity index (χ1n) is 9.05. The second-order valence-electron chi connectivity index (χ2n) is 7.44. The van der Waals surface area contributed by atoms with E-state index in [4.69, 9.17) is 9.47 Å². The van der Waals surface area contributed by atoms with E-state index in [0.29, 0.717) is 12.0 Å². The molecule has 134 valence electrons. The number of ether oxygens (including phenoxy) is 2. The summed E-state index contributed by atoms with van der Waals surface area (Å²) in [5, 5.41) is 4.26. The molecule has 1 atom stereocenters. The van der Waals surface area contributed by atoms with E-state index in [9.17, 15) is 0 Å². The van der Waals surface area contributed by atoms with Crippen molar-refractivity contribution in [2.75, 3.05) is 26.3 Å². The molecule has 0 aliphatic carbocycles. The summed E-state index contributed by atoms with van der Waals surface area (Å²) < 4.78 is 13.7. The van der Waals surface area contributed by atoms with Crippen LogP contribution < -0.4 is 4.74 Å². The lowest BCUT2D eigenvalue weighted by atomic mass is 9.76. The third-order valence-electron chi connectivity index (χ3n) is 5.44. The number of nitrogens with zero attached hydrogens (tertiary/aromatic N) is 4. The standard InChI is InChI=1S/C19H26N4O2/c1-22-12-16(10-21-22)13-23-7-4-19(5-8-23)9-18(25-15-19)14-24-17-3-2-6-20-11-17/h2-3,6,10-12,18H,4-5,7-9,13-15H2,1H3/t18-/m1/s1. The highest BCUT2D eigenvalue weighted by Gasteiger charge is 2.42. The Morgan fingerprint density at radius 2 is 2.20 bits per heavy atom. The molecule has 6 heteroatoms. The van der Waals surface area contributed by atoms with Crippen molar-refractivity contribution < 1.29 is 9.47 Å². The number of rotatable bonds is 5. The highest BCUT2D eigenvalue weighted by Crippen LogP contribution is 2.42. The molecule has 6 nitrogen and oxygen atoms in total. The predicted octanol–water partition coefficient (Wildman–Crippen LogP) is 2.27. The van der Waals surface area contributed by atoms with Gasteiger partial charge < -0.3 is 9.47 Å². The molecule has 1 spiro atoms. The van der Waals surface area contributed by atoms with E-state index in [1.807, 2.05) is 30.1 Å². The predicted molar refractivity (Wildman–Crippen MR) is 94.2 cm³/mol. The van der Waals surface area contributed by atoms with Crippen LogP contribution in [0.2, 0.25) is 0 Å². The Balaban J connectivity index is 1.24. The van der Waals surface area contributed by atoms with Gasteiger partial charge in [-0.05, 0) is 49.9 Å². The number of hydrogen-bond donors (Lipinski definition) is 0. The first-order valence-corrected chi connectivity index (χ1v) is 9.05. The van der Waals surface area contributed by atoms with E-state index < -0.39 is 0 Å². The number of likely N-dealkylation sites (tertiary alicyclic amines) is 1. The molecule has 4 rings (SSSR count). The van der Waals surface area contributed by atoms with Gasteiger partial charge in [0, 0.05) is 31.5 Å². The van der Waals surface area contributed by atoms with Crippen molar-refractivity contribution in [2.24, 2.45) is 12.5 Å². The summed E-state index contributed by atoms with van der Waals surface area (Å²) in [4.78, 5) is 6.61. The monoisotopic (exact) mass is 342 g/mol. The molecule has 2 saturated heterocycles. The summed E-state index contributed by atoms with van der Waals surface area (Å²) in [7, 11) is 1.97. The summed E-state index contributed by atoms with van der Waals surface area (Å²) in [6.07, 6.45) is 11.3. The van der Waals surface area contributed by atoms with Gasteiger partial charge in [0.1, 0.15) is 12.4 Å². The molecule has 2 fully saturated rings. The Hall–Kier alpha value is -1.92. The summed E-state index contributed by atoms with van der Waals surface area (Å²) >= 11 is 0. The van der Waals surface area contributed by atoms with Crippen LogP contribution in [0, 0.1) is 5.41 Å². The Kier molecular flexibility index (Phi) is 4.72. The Morgan fingerprint density at radius 3 is 2.92 bits per heavy atom. The fourth-order valence-corrected chi connectivity index (χ4v) is 3.97. The molecule has 25 heavy (non-hydrogen) atoms. The zero-order chi connectivity index (χ0) is 17.1. The van der Waals surface area contributed by atoms with E-state index in [2.05, 4.69) is 21.2 Å². The van der Waals surface area contributed by atoms with Crippen molar-refractivity contribution in [3.63, 3.8) is 0 Å². The lowest BCUT2D eigenvalue weighted by Crippen LogP contribution is -2.40. The molecule has 0 amide bonds. The van der Waals surface area contributed by atoms with Gasteiger partial charge in [-0.15, -0.1) is 0 Å². The van der Waals surface area contributed by atoms with Gasteiger partial charge in [-0.1, -0.05) is 0 Å². The van der Waals surface area contributed by atoms with Crippen LogP contribution in [0.15, 0.2) is 36.9 Å². The lowest BCUT2D eigenvalue weighted by Gasteiger charge is -2.38. The van der Waals surface area contributed by atoms with E-state index in [1.165, 1.54) is 18.4 Å². The molecule has 4 heterocycles. The van der Waals surface area contributed by atoms with Gasteiger partial charge in [-0.3, -0.25) is 14.6 Å². The molecule has 2 aromatic heterocycles. The van der Waals surface area contributed by atoms with Crippen LogP contribution in [0.3, 0.4) is 0 Å². The van der Waals surface area contributed by atoms with Crippen LogP contribution in [0.5, 0.6) is 5.75 Å². The summed E-state index contributed by atoms with van der Waals surface area (Å²) in [6, 6.07) is 3.83. The van der Waals surface area contributed by atoms with Crippen molar-refractivity contribution in [1.29, 1.82) is 0 Å². The lowest BCUT2D eigenvalue weighted by molar-refractivity contribution is 0.0470. The minimum Gasteiger partial charge on any atom is -0.489 e. The number of pyridine rings is 1. The van der Waals surface area contributed by atoms with Crippen LogP contribution in [0.4, 0.5) is 0 Å². The Morgan fingerprint density at radius 1 is 1.32 bits per heavy atom. The van der Waals surface area contributed by atoms with Crippen LogP contribution in [-0.2, 0) is 18.3 Å². The zero-order valence-corrected chi connectivity index (χ0v) is 14.8. The summed E-state index contributed by atoms with van der Waals surface area (Å²) in [6.45, 7) is 4.75. The smallest absolute Gasteiger partial charge is 0.137 e. The first-order chi connectivity index (χ1) is 12.2. The van der Waals surface area contributed by atoms with Crippen molar-refractivity contribution in [2.45, 2.75) is 31.9 Å². The number of aryl methyl sites for hydroxylation is 1. The quantitative estimate of drug-likeness (QED) is 0.834. The minimum absolute atomic E-state index is 0.199. The molecule has 0 bridgehead atoms. The van der Waals surface area contributed by atoms with Crippen molar-refractivity contribution in [3.8, 4) is 5.75 Å². The average Bonchev–Trinajstić information content (AvgIpc) is 3.23. The van der Waals surface area contributed by atoms with E-state index in [-0.39, 0.29) is 6.10 Å². The van der Waals surface area contributed by atoms with E-state index in [0.717, 1.165) is 38.4 Å². The van der Waals surface area contributed by atoms with E-state index in [1.54, 1.807) is 12.4 Å². The van der Waals surface area contributed by atoms with Gasteiger partial charge in [0.15, 0.2) is 0 Å². The van der Waals surface area contributed by atoms with Crippen molar-refractivity contribution in [3.05, 3.63) is 42.5 Å². The van der Waals surface area contributed by atoms with Crippen LogP contribution in [0.25, 0.3) is 0 Å². The molecule has 0 saturated carbocycles. The maximum Gasteiger partial charge on any atom is 0.137 e. The van der Waals surface area contributed by atoms with Gasteiger partial charge in [-0.2, -0.15) is 5.10 Å². The third kappa shape index (κ3) is 4.02. The molecule has 2 aliphatic heterocycles. The second kappa shape index (κ2) is 7.14. The zero-order valence-electron chi connectivity index (χ0n) is 14.8. The molecule has 0 radical (unpaired) electrons. The molecule has 2 aliphatic rings. The average molecular weight is 342 g/mol. The third-order valence-corrected chi connectivity index (χ3v) is 5.44. The topological polar surface area (TPSA) is 52.4 Å². The second-order valence-corrected chi connectivity index (χ2v) is 7.44. The minimum atomic E-state index is 0.199.